The molecule has 1 aliphatic carbocycles. The van der Waals surface area contributed by atoms with Gasteiger partial charge in [-0.3, -0.25) is 0 Å². The molecule has 1 heterocycles. The first-order valence-corrected chi connectivity index (χ1v) is 12.5. The molecule has 0 fully saturated rings. The van der Waals surface area contributed by atoms with Crippen molar-refractivity contribution in [2.45, 2.75) is 24.4 Å². The molecule has 0 saturated carbocycles. The molecule has 4 aromatic carbocycles. The van der Waals surface area contributed by atoms with E-state index in [9.17, 15) is 9.90 Å². The monoisotopic (exact) mass is 522 g/mol. The van der Waals surface area contributed by atoms with Crippen molar-refractivity contribution >= 4 is 26.9 Å². The van der Waals surface area contributed by atoms with E-state index in [-0.39, 0.29) is 17.5 Å². The average Bonchev–Trinajstić information content (AvgIpc) is 2.89. The number of halogens is 1. The van der Waals surface area contributed by atoms with Gasteiger partial charge in [0.2, 0.25) is 0 Å². The van der Waals surface area contributed by atoms with E-state index >= 15 is 0 Å². The molecule has 0 spiro atoms. The van der Waals surface area contributed by atoms with Crippen LogP contribution in [0.2, 0.25) is 0 Å². The second-order valence-electron chi connectivity index (χ2n) is 9.10. The molecule has 0 saturated heterocycles. The molecule has 172 valence electrons. The standard InChI is InChI=1S/C31H23BrO3/c32-28-17-20(14-15-22(28)19-8-2-1-3-9-19)25-18-26(23-11-5-6-12-24(23)30(25)33)27-16-21-10-4-7-13-29(21)35-31(27)34/h1-17,25-26,30,33H,18H2. The number of fused-ring (bicyclic) bond motifs is 2. The minimum absolute atomic E-state index is 0.165. The molecule has 0 aliphatic heterocycles. The van der Waals surface area contributed by atoms with E-state index < -0.39 is 6.10 Å². The van der Waals surface area contributed by atoms with Gasteiger partial charge in [0.1, 0.15) is 5.58 Å². The van der Waals surface area contributed by atoms with Crippen LogP contribution >= 0.6 is 15.9 Å². The zero-order valence-corrected chi connectivity index (χ0v) is 20.5. The van der Waals surface area contributed by atoms with Gasteiger partial charge in [-0.25, -0.2) is 4.79 Å². The van der Waals surface area contributed by atoms with Crippen LogP contribution in [0.5, 0.6) is 0 Å². The van der Waals surface area contributed by atoms with Gasteiger partial charge in [0, 0.05) is 27.3 Å². The molecular weight excluding hydrogens is 500 g/mol. The van der Waals surface area contributed by atoms with Crippen LogP contribution < -0.4 is 5.63 Å². The van der Waals surface area contributed by atoms with Crippen LogP contribution in [-0.2, 0) is 0 Å². The largest absolute Gasteiger partial charge is 0.423 e. The second-order valence-corrected chi connectivity index (χ2v) is 9.96. The Morgan fingerprint density at radius 1 is 0.771 bits per heavy atom. The Kier molecular flexibility index (Phi) is 5.63. The highest BCUT2D eigenvalue weighted by Gasteiger charge is 2.37. The van der Waals surface area contributed by atoms with Gasteiger partial charge in [0.25, 0.3) is 0 Å². The smallest absolute Gasteiger partial charge is 0.340 e. The number of rotatable bonds is 3. The number of hydrogen-bond donors (Lipinski definition) is 1. The summed E-state index contributed by atoms with van der Waals surface area (Å²) >= 11 is 3.75. The van der Waals surface area contributed by atoms with E-state index in [1.165, 1.54) is 0 Å². The van der Waals surface area contributed by atoms with E-state index in [1.807, 2.05) is 72.8 Å². The molecule has 5 aromatic rings. The Bertz CT molecular complexity index is 1590. The number of aliphatic hydroxyl groups excluding tert-OH is 1. The van der Waals surface area contributed by atoms with E-state index in [2.05, 4.69) is 46.3 Å². The van der Waals surface area contributed by atoms with Crippen LogP contribution in [0.3, 0.4) is 0 Å². The zero-order valence-electron chi connectivity index (χ0n) is 18.9. The highest BCUT2D eigenvalue weighted by atomic mass is 79.9. The molecule has 1 aromatic heterocycles. The first-order chi connectivity index (χ1) is 17.1. The Morgan fingerprint density at radius 3 is 2.29 bits per heavy atom. The van der Waals surface area contributed by atoms with E-state index in [0.29, 0.717) is 17.6 Å². The first kappa shape index (κ1) is 22.0. The van der Waals surface area contributed by atoms with Crippen molar-refractivity contribution in [1.82, 2.24) is 0 Å². The minimum Gasteiger partial charge on any atom is -0.423 e. The lowest BCUT2D eigenvalue weighted by atomic mass is 9.70. The lowest BCUT2D eigenvalue weighted by molar-refractivity contribution is 0.127. The summed E-state index contributed by atoms with van der Waals surface area (Å²) in [5, 5.41) is 12.3. The fourth-order valence-electron chi connectivity index (χ4n) is 5.37. The molecule has 3 atom stereocenters. The third-order valence-electron chi connectivity index (χ3n) is 7.11. The highest BCUT2D eigenvalue weighted by Crippen LogP contribution is 2.49. The lowest BCUT2D eigenvalue weighted by Crippen LogP contribution is -2.26. The normalized spacial score (nSPS) is 19.4. The molecule has 6 rings (SSSR count). The summed E-state index contributed by atoms with van der Waals surface area (Å²) in [6.07, 6.45) is -0.0530. The fourth-order valence-corrected chi connectivity index (χ4v) is 6.00. The fraction of sp³-hybridized carbons (Fsp3) is 0.129. The van der Waals surface area contributed by atoms with Crippen molar-refractivity contribution in [2.75, 3.05) is 0 Å². The molecule has 35 heavy (non-hydrogen) atoms. The van der Waals surface area contributed by atoms with Gasteiger partial charge in [-0.15, -0.1) is 0 Å². The van der Waals surface area contributed by atoms with Gasteiger partial charge in [0.05, 0.1) is 6.10 Å². The van der Waals surface area contributed by atoms with Crippen LogP contribution in [0.25, 0.3) is 22.1 Å². The van der Waals surface area contributed by atoms with Crippen LogP contribution in [0.4, 0.5) is 0 Å². The Hall–Kier alpha value is -3.47. The van der Waals surface area contributed by atoms with E-state index in [0.717, 1.165) is 37.7 Å². The molecule has 4 heteroatoms. The van der Waals surface area contributed by atoms with Gasteiger partial charge < -0.3 is 9.52 Å². The van der Waals surface area contributed by atoms with Crippen LogP contribution in [-0.4, -0.2) is 5.11 Å². The Morgan fingerprint density at radius 2 is 1.49 bits per heavy atom. The molecular formula is C31H23BrO3. The van der Waals surface area contributed by atoms with Gasteiger partial charge in [-0.1, -0.05) is 101 Å². The number of hydrogen-bond acceptors (Lipinski definition) is 3. The number of benzene rings is 4. The number of aliphatic hydroxyl groups is 1. The van der Waals surface area contributed by atoms with Crippen LogP contribution in [0.1, 0.15) is 46.6 Å². The quantitative estimate of drug-likeness (QED) is 0.248. The van der Waals surface area contributed by atoms with Crippen molar-refractivity contribution in [3.05, 3.63) is 140 Å². The van der Waals surface area contributed by atoms with Crippen molar-refractivity contribution in [1.29, 1.82) is 0 Å². The zero-order chi connectivity index (χ0) is 23.9. The predicted octanol–water partition coefficient (Wildman–Crippen LogP) is 7.58. The maximum Gasteiger partial charge on any atom is 0.340 e. The molecule has 3 unspecified atom stereocenters. The maximum atomic E-state index is 13.1. The van der Waals surface area contributed by atoms with Crippen molar-refractivity contribution in [2.24, 2.45) is 0 Å². The van der Waals surface area contributed by atoms with Gasteiger partial charge in [-0.05, 0) is 52.4 Å². The van der Waals surface area contributed by atoms with E-state index in [1.54, 1.807) is 0 Å². The van der Waals surface area contributed by atoms with Crippen molar-refractivity contribution < 1.29 is 9.52 Å². The third-order valence-corrected chi connectivity index (χ3v) is 7.77. The van der Waals surface area contributed by atoms with Crippen molar-refractivity contribution in [3.63, 3.8) is 0 Å². The Balaban J connectivity index is 1.45. The van der Waals surface area contributed by atoms with Gasteiger partial charge in [0.15, 0.2) is 0 Å². The third kappa shape index (κ3) is 3.93. The van der Waals surface area contributed by atoms with Crippen LogP contribution in [0.15, 0.2) is 117 Å². The molecule has 1 N–H and O–H groups in total. The topological polar surface area (TPSA) is 50.4 Å². The molecule has 1 aliphatic rings. The molecule has 0 radical (unpaired) electrons. The molecule has 0 bridgehead atoms. The highest BCUT2D eigenvalue weighted by molar-refractivity contribution is 9.10. The summed E-state index contributed by atoms with van der Waals surface area (Å²) < 4.78 is 6.67. The summed E-state index contributed by atoms with van der Waals surface area (Å²) in [6, 6.07) is 33.9. The summed E-state index contributed by atoms with van der Waals surface area (Å²) in [6.45, 7) is 0. The maximum absolute atomic E-state index is 13.1. The van der Waals surface area contributed by atoms with Crippen molar-refractivity contribution in [3.8, 4) is 11.1 Å². The summed E-state index contributed by atoms with van der Waals surface area (Å²) in [5.41, 5.74) is 6.02. The van der Waals surface area contributed by atoms with E-state index in [4.69, 9.17) is 4.42 Å². The Labute approximate surface area is 211 Å². The predicted molar refractivity (Wildman–Crippen MR) is 143 cm³/mol. The molecule has 0 amide bonds. The lowest BCUT2D eigenvalue weighted by Gasteiger charge is -2.36. The second kappa shape index (κ2) is 8.95. The summed E-state index contributed by atoms with van der Waals surface area (Å²) in [5.74, 6) is -0.338. The van der Waals surface area contributed by atoms with Gasteiger partial charge in [-0.2, -0.15) is 0 Å². The molecule has 3 nitrogen and oxygen atoms in total. The summed E-state index contributed by atoms with van der Waals surface area (Å²) in [4.78, 5) is 13.1. The summed E-state index contributed by atoms with van der Waals surface area (Å²) in [7, 11) is 0. The SMILES string of the molecule is O=c1oc2ccccc2cc1C1CC(c2ccc(-c3ccccc3)c(Br)c2)C(O)c2ccccc21. The average molecular weight is 523 g/mol. The minimum atomic E-state index is -0.663. The van der Waals surface area contributed by atoms with Crippen LogP contribution in [0, 0.1) is 0 Å². The first-order valence-electron chi connectivity index (χ1n) is 11.7. The van der Waals surface area contributed by atoms with Gasteiger partial charge >= 0.3 is 5.63 Å². The number of para-hydroxylation sites is 1.